The molecular formula is C11H15ClFN. The van der Waals surface area contributed by atoms with Crippen molar-refractivity contribution in [3.63, 3.8) is 0 Å². The zero-order chi connectivity index (χ0) is 10.9. The van der Waals surface area contributed by atoms with Gasteiger partial charge < -0.3 is 0 Å². The van der Waals surface area contributed by atoms with Crippen LogP contribution in [0.2, 0.25) is 5.02 Å². The van der Waals surface area contributed by atoms with Gasteiger partial charge in [-0.3, -0.25) is 4.98 Å². The van der Waals surface area contributed by atoms with Gasteiger partial charge in [-0.2, -0.15) is 0 Å². The van der Waals surface area contributed by atoms with Crippen LogP contribution in [0.1, 0.15) is 39.3 Å². The summed E-state index contributed by atoms with van der Waals surface area (Å²) in [6.45, 7) is 8.16. The van der Waals surface area contributed by atoms with E-state index in [2.05, 4.69) is 25.8 Å². The van der Waals surface area contributed by atoms with Crippen LogP contribution in [0.25, 0.3) is 0 Å². The minimum Gasteiger partial charge on any atom is -0.256 e. The van der Waals surface area contributed by atoms with Crippen molar-refractivity contribution >= 4 is 11.6 Å². The largest absolute Gasteiger partial charge is 0.256 e. The highest BCUT2D eigenvalue weighted by molar-refractivity contribution is 6.30. The highest BCUT2D eigenvalue weighted by Crippen LogP contribution is 2.34. The molecular weight excluding hydrogens is 201 g/mol. The normalized spacial score (nSPS) is 14.1. The van der Waals surface area contributed by atoms with E-state index in [4.69, 9.17) is 11.6 Å². The second kappa shape index (κ2) is 3.85. The minimum atomic E-state index is -0.320. The molecule has 1 atom stereocenters. The standard InChI is InChI=1S/C11H15ClFN/c1-7(11(2,3)4)10-9(13)5-8(12)6-14-10/h5-7H,1-4H3/t7-/m1/s1. The Morgan fingerprint density at radius 1 is 1.43 bits per heavy atom. The number of hydrogen-bond donors (Lipinski definition) is 0. The van der Waals surface area contributed by atoms with Crippen molar-refractivity contribution in [3.05, 3.63) is 28.8 Å². The van der Waals surface area contributed by atoms with Crippen molar-refractivity contribution in [3.8, 4) is 0 Å². The Morgan fingerprint density at radius 2 is 2.00 bits per heavy atom. The molecule has 0 aliphatic heterocycles. The lowest BCUT2D eigenvalue weighted by atomic mass is 9.80. The van der Waals surface area contributed by atoms with E-state index in [-0.39, 0.29) is 17.2 Å². The summed E-state index contributed by atoms with van der Waals surface area (Å²) in [5.74, 6) is -0.250. The van der Waals surface area contributed by atoms with Gasteiger partial charge in [-0.05, 0) is 11.5 Å². The van der Waals surface area contributed by atoms with Gasteiger partial charge in [0.2, 0.25) is 0 Å². The predicted octanol–water partition coefficient (Wildman–Crippen LogP) is 4.02. The molecule has 1 nitrogen and oxygen atoms in total. The SMILES string of the molecule is C[C@H](c1ncc(Cl)cc1F)C(C)(C)C. The van der Waals surface area contributed by atoms with E-state index < -0.39 is 0 Å². The minimum absolute atomic E-state index is 0.00166. The van der Waals surface area contributed by atoms with Crippen LogP contribution in [0, 0.1) is 11.2 Å². The first kappa shape index (κ1) is 11.4. The van der Waals surface area contributed by atoms with Crippen molar-refractivity contribution in [1.29, 1.82) is 0 Å². The molecule has 1 rings (SSSR count). The van der Waals surface area contributed by atoms with Crippen molar-refractivity contribution in [2.45, 2.75) is 33.6 Å². The molecule has 0 unspecified atom stereocenters. The lowest BCUT2D eigenvalue weighted by Crippen LogP contribution is -2.17. The van der Waals surface area contributed by atoms with E-state index in [1.807, 2.05) is 6.92 Å². The monoisotopic (exact) mass is 215 g/mol. The Balaban J connectivity index is 3.08. The van der Waals surface area contributed by atoms with Crippen LogP contribution in [0.3, 0.4) is 0 Å². The quantitative estimate of drug-likeness (QED) is 0.690. The van der Waals surface area contributed by atoms with Crippen molar-refractivity contribution in [2.75, 3.05) is 0 Å². The maximum Gasteiger partial charge on any atom is 0.146 e. The summed E-state index contributed by atoms with van der Waals surface area (Å²) in [4.78, 5) is 4.04. The Labute approximate surface area is 89.3 Å². The second-order valence-electron chi connectivity index (χ2n) is 4.61. The summed E-state index contributed by atoms with van der Waals surface area (Å²) in [6.07, 6.45) is 1.49. The molecule has 3 heteroatoms. The van der Waals surface area contributed by atoms with Crippen LogP contribution in [0.15, 0.2) is 12.3 Å². The predicted molar refractivity (Wildman–Crippen MR) is 57.1 cm³/mol. The first-order valence-corrected chi connectivity index (χ1v) is 5.01. The molecule has 0 spiro atoms. The molecule has 0 bridgehead atoms. The summed E-state index contributed by atoms with van der Waals surface area (Å²) >= 11 is 5.63. The van der Waals surface area contributed by atoms with E-state index in [0.717, 1.165) is 0 Å². The second-order valence-corrected chi connectivity index (χ2v) is 5.04. The summed E-state index contributed by atoms with van der Waals surface area (Å²) < 4.78 is 13.5. The highest BCUT2D eigenvalue weighted by Gasteiger charge is 2.25. The van der Waals surface area contributed by atoms with E-state index in [9.17, 15) is 4.39 Å². The molecule has 0 aromatic carbocycles. The molecule has 1 aromatic rings. The van der Waals surface area contributed by atoms with Gasteiger partial charge in [-0.25, -0.2) is 4.39 Å². The Kier molecular flexibility index (Phi) is 3.15. The molecule has 0 saturated carbocycles. The topological polar surface area (TPSA) is 12.9 Å². The molecule has 0 aliphatic rings. The maximum atomic E-state index is 13.5. The van der Waals surface area contributed by atoms with Crippen LogP contribution in [-0.4, -0.2) is 4.98 Å². The van der Waals surface area contributed by atoms with Crippen molar-refractivity contribution in [2.24, 2.45) is 5.41 Å². The number of rotatable bonds is 1. The Bertz CT molecular complexity index is 331. The number of halogens is 2. The summed E-state index contributed by atoms with van der Waals surface area (Å²) in [5, 5.41) is 0.340. The van der Waals surface area contributed by atoms with Crippen LogP contribution in [0.5, 0.6) is 0 Å². The molecule has 0 amide bonds. The third-order valence-electron chi connectivity index (χ3n) is 2.55. The molecule has 1 aromatic heterocycles. The van der Waals surface area contributed by atoms with Gasteiger partial charge in [0.25, 0.3) is 0 Å². The van der Waals surface area contributed by atoms with Crippen LogP contribution >= 0.6 is 11.6 Å². The fraction of sp³-hybridized carbons (Fsp3) is 0.545. The summed E-state index contributed by atoms with van der Waals surface area (Å²) in [5.41, 5.74) is 0.490. The molecule has 14 heavy (non-hydrogen) atoms. The third-order valence-corrected chi connectivity index (χ3v) is 2.75. The fourth-order valence-electron chi connectivity index (χ4n) is 1.15. The smallest absolute Gasteiger partial charge is 0.146 e. The number of hydrogen-bond acceptors (Lipinski definition) is 1. The van der Waals surface area contributed by atoms with Gasteiger partial charge in [-0.15, -0.1) is 0 Å². The van der Waals surface area contributed by atoms with E-state index in [1.165, 1.54) is 12.3 Å². The zero-order valence-corrected chi connectivity index (χ0v) is 9.69. The number of nitrogens with zero attached hydrogens (tertiary/aromatic N) is 1. The molecule has 0 N–H and O–H groups in total. The van der Waals surface area contributed by atoms with Crippen LogP contribution in [0.4, 0.5) is 4.39 Å². The lowest BCUT2D eigenvalue weighted by Gasteiger charge is -2.26. The van der Waals surface area contributed by atoms with E-state index in [0.29, 0.717) is 10.7 Å². The van der Waals surface area contributed by atoms with E-state index >= 15 is 0 Å². The molecule has 78 valence electrons. The van der Waals surface area contributed by atoms with Gasteiger partial charge in [0.15, 0.2) is 0 Å². The Hall–Kier alpha value is -0.630. The van der Waals surface area contributed by atoms with Crippen LogP contribution in [-0.2, 0) is 0 Å². The summed E-state index contributed by atoms with van der Waals surface area (Å²) in [6, 6.07) is 1.31. The maximum absolute atomic E-state index is 13.5. The van der Waals surface area contributed by atoms with E-state index in [1.54, 1.807) is 0 Å². The zero-order valence-electron chi connectivity index (χ0n) is 8.94. The van der Waals surface area contributed by atoms with Gasteiger partial charge in [0.1, 0.15) is 5.82 Å². The molecule has 0 saturated heterocycles. The van der Waals surface area contributed by atoms with Crippen LogP contribution < -0.4 is 0 Å². The first-order chi connectivity index (χ1) is 6.32. The summed E-state index contributed by atoms with van der Waals surface area (Å²) in [7, 11) is 0. The molecule has 1 heterocycles. The average Bonchev–Trinajstić information content (AvgIpc) is 2.01. The van der Waals surface area contributed by atoms with Gasteiger partial charge in [0.05, 0.1) is 10.7 Å². The van der Waals surface area contributed by atoms with Crippen molar-refractivity contribution < 1.29 is 4.39 Å². The number of pyridine rings is 1. The average molecular weight is 216 g/mol. The Morgan fingerprint density at radius 3 is 2.43 bits per heavy atom. The lowest BCUT2D eigenvalue weighted by molar-refractivity contribution is 0.325. The molecule has 0 fully saturated rings. The highest BCUT2D eigenvalue weighted by atomic mass is 35.5. The van der Waals surface area contributed by atoms with Gasteiger partial charge >= 0.3 is 0 Å². The van der Waals surface area contributed by atoms with Gasteiger partial charge in [-0.1, -0.05) is 39.3 Å². The molecule has 0 radical (unpaired) electrons. The van der Waals surface area contributed by atoms with Gasteiger partial charge in [0, 0.05) is 12.1 Å². The number of aromatic nitrogens is 1. The molecule has 0 aliphatic carbocycles. The fourth-order valence-corrected chi connectivity index (χ4v) is 1.30. The first-order valence-electron chi connectivity index (χ1n) is 4.63. The third kappa shape index (κ3) is 2.44. The van der Waals surface area contributed by atoms with Crippen molar-refractivity contribution in [1.82, 2.24) is 4.98 Å².